The predicted octanol–water partition coefficient (Wildman–Crippen LogP) is 2.07. The Balaban J connectivity index is 1.60. The molecule has 190 valence electrons. The minimum absolute atomic E-state index is 0.0203. The number of carbonyl (C=O) groups excluding carboxylic acids is 1. The summed E-state index contributed by atoms with van der Waals surface area (Å²) in [6.07, 6.45) is 0.983. The van der Waals surface area contributed by atoms with Crippen molar-refractivity contribution in [3.05, 3.63) is 45.4 Å². The molecule has 9 nitrogen and oxygen atoms in total. The van der Waals surface area contributed by atoms with Crippen LogP contribution in [0.1, 0.15) is 43.0 Å². The Morgan fingerprint density at radius 3 is 2.67 bits per heavy atom. The number of aryl methyl sites for hydroxylation is 1. The molecule has 0 aromatic heterocycles. The average molecular weight is 494 g/mol. The number of aromatic hydroxyl groups is 1. The van der Waals surface area contributed by atoms with Crippen LogP contribution in [0.15, 0.2) is 28.7 Å². The molecular weight excluding hydrogens is 462 g/mol. The van der Waals surface area contributed by atoms with Crippen LogP contribution >= 0.6 is 0 Å². The van der Waals surface area contributed by atoms with Crippen molar-refractivity contribution < 1.29 is 29.2 Å². The van der Waals surface area contributed by atoms with Crippen LogP contribution in [0.25, 0.3) is 0 Å². The Bertz CT molecular complexity index is 1300. The van der Waals surface area contributed by atoms with Gasteiger partial charge in [-0.15, -0.1) is 0 Å². The zero-order valence-corrected chi connectivity index (χ0v) is 21.2. The number of ketones is 1. The molecule has 0 amide bonds. The van der Waals surface area contributed by atoms with E-state index >= 15 is 0 Å². The number of ether oxygens (including phenoxy) is 3. The van der Waals surface area contributed by atoms with E-state index in [0.717, 1.165) is 16.7 Å². The largest absolute Gasteiger partial charge is 0.504 e. The van der Waals surface area contributed by atoms with Gasteiger partial charge in [0, 0.05) is 28.8 Å². The van der Waals surface area contributed by atoms with Crippen molar-refractivity contribution >= 4 is 5.78 Å². The standard InChI is InChI=1S/C27H31N3O6/c1-12-6-14-7-15-17(9-28)30-16(21(29(15)4)19(14)22(32)23(12)34-5)8-27(3)20(18(30)10-31)25-24(35-11-36-25)13(2)26(27)33/h6,15-18,21,31-32H,7-8,10-11H2,1-5H3/t15?,16-,17-,18-,21+,27?/m0/s1. The monoisotopic (exact) mass is 493 g/mol. The van der Waals surface area contributed by atoms with Crippen molar-refractivity contribution in [3.8, 4) is 17.6 Å². The molecule has 2 N–H and O–H groups in total. The molecule has 3 saturated heterocycles. The molecule has 1 aromatic carbocycles. The van der Waals surface area contributed by atoms with E-state index in [1.165, 1.54) is 0 Å². The summed E-state index contributed by atoms with van der Waals surface area (Å²) in [4.78, 5) is 18.1. The van der Waals surface area contributed by atoms with Crippen LogP contribution in [-0.2, 0) is 20.7 Å². The van der Waals surface area contributed by atoms with Crippen LogP contribution in [-0.4, -0.2) is 77.5 Å². The maximum absolute atomic E-state index is 13.8. The summed E-state index contributed by atoms with van der Waals surface area (Å²) in [5, 5.41) is 32.6. The molecule has 0 spiro atoms. The lowest BCUT2D eigenvalue weighted by atomic mass is 9.60. The fourth-order valence-corrected chi connectivity index (χ4v) is 7.68. The van der Waals surface area contributed by atoms with Crippen LogP contribution < -0.4 is 4.74 Å². The molecule has 2 bridgehead atoms. The van der Waals surface area contributed by atoms with E-state index in [1.54, 1.807) is 14.0 Å². The van der Waals surface area contributed by atoms with Crippen molar-refractivity contribution in [3.63, 3.8) is 0 Å². The lowest BCUT2D eigenvalue weighted by Gasteiger charge is -2.62. The van der Waals surface area contributed by atoms with Gasteiger partial charge < -0.3 is 24.4 Å². The number of piperidine rings is 1. The Kier molecular flexibility index (Phi) is 5.01. The molecular formula is C27H31N3O6. The van der Waals surface area contributed by atoms with E-state index in [0.29, 0.717) is 41.3 Å². The molecule has 6 rings (SSSR count). The number of rotatable bonds is 2. The summed E-state index contributed by atoms with van der Waals surface area (Å²) < 4.78 is 17.1. The van der Waals surface area contributed by atoms with Gasteiger partial charge in [-0.25, -0.2) is 0 Å². The fourth-order valence-electron chi connectivity index (χ4n) is 7.68. The van der Waals surface area contributed by atoms with Gasteiger partial charge in [-0.3, -0.25) is 14.6 Å². The highest BCUT2D eigenvalue weighted by molar-refractivity contribution is 6.04. The maximum atomic E-state index is 13.8. The highest BCUT2D eigenvalue weighted by Gasteiger charge is 2.63. The number of nitriles is 1. The highest BCUT2D eigenvalue weighted by Crippen LogP contribution is 2.58. The van der Waals surface area contributed by atoms with Gasteiger partial charge in [0.25, 0.3) is 0 Å². The number of likely N-dealkylation sites (N-methyl/N-ethyl adjacent to an activating group) is 1. The second kappa shape index (κ2) is 7.72. The molecule has 6 atom stereocenters. The average Bonchev–Trinajstić information content (AvgIpc) is 3.33. The number of benzene rings is 1. The first kappa shape index (κ1) is 23.3. The maximum Gasteiger partial charge on any atom is 0.231 e. The molecule has 0 saturated carbocycles. The van der Waals surface area contributed by atoms with Crippen molar-refractivity contribution in [1.82, 2.24) is 9.80 Å². The quantitative estimate of drug-likeness (QED) is 0.639. The first-order valence-electron chi connectivity index (χ1n) is 12.3. The molecule has 3 fully saturated rings. The van der Waals surface area contributed by atoms with Crippen molar-refractivity contribution in [1.29, 1.82) is 5.26 Å². The van der Waals surface area contributed by atoms with Gasteiger partial charge in [0.15, 0.2) is 28.8 Å². The molecule has 4 aliphatic heterocycles. The number of phenols is 1. The van der Waals surface area contributed by atoms with Crippen molar-refractivity contribution in [2.75, 3.05) is 27.6 Å². The molecule has 4 heterocycles. The SMILES string of the molecule is COc1c(C)cc2c(c1O)[C@H]1[C@@H]3CC4(C)C(=O)C(C)=C5OCOC5=C4[C@H](CO)N3[C@@H](C#N)C(C2)N1C. The van der Waals surface area contributed by atoms with Crippen molar-refractivity contribution in [2.45, 2.75) is 63.8 Å². The number of fused-ring (bicyclic) bond motifs is 8. The van der Waals surface area contributed by atoms with Crippen LogP contribution in [0, 0.1) is 23.7 Å². The fraction of sp³-hybridized carbons (Fsp3) is 0.556. The Hall–Kier alpha value is -3.06. The topological polar surface area (TPSA) is 115 Å². The van der Waals surface area contributed by atoms with Crippen LogP contribution in [0.3, 0.4) is 0 Å². The number of phenolic OH excluding ortho intramolecular Hbond substituents is 1. The normalized spacial score (nSPS) is 35.2. The number of allylic oxidation sites excluding steroid dienone is 1. The van der Waals surface area contributed by atoms with E-state index in [4.69, 9.17) is 14.2 Å². The van der Waals surface area contributed by atoms with E-state index in [9.17, 15) is 20.3 Å². The van der Waals surface area contributed by atoms with Gasteiger partial charge in [0.2, 0.25) is 6.79 Å². The van der Waals surface area contributed by atoms with Crippen LogP contribution in [0.2, 0.25) is 0 Å². The number of hydrogen-bond acceptors (Lipinski definition) is 9. The number of piperazine rings is 1. The summed E-state index contributed by atoms with van der Waals surface area (Å²) in [5.41, 5.74) is 2.87. The molecule has 0 radical (unpaired) electrons. The summed E-state index contributed by atoms with van der Waals surface area (Å²) in [6.45, 7) is 5.31. The van der Waals surface area contributed by atoms with E-state index in [2.05, 4.69) is 15.9 Å². The number of aliphatic hydroxyl groups is 1. The zero-order chi connectivity index (χ0) is 25.7. The van der Waals surface area contributed by atoms with Crippen molar-refractivity contribution in [2.24, 2.45) is 5.41 Å². The number of carbonyl (C=O) groups is 1. The van der Waals surface area contributed by atoms with Crippen LogP contribution in [0.5, 0.6) is 11.5 Å². The highest BCUT2D eigenvalue weighted by atomic mass is 16.7. The number of aliphatic hydroxyl groups excluding tert-OH is 1. The smallest absolute Gasteiger partial charge is 0.231 e. The molecule has 2 unspecified atom stereocenters. The summed E-state index contributed by atoms with van der Waals surface area (Å²) >= 11 is 0. The molecule has 1 aliphatic carbocycles. The minimum Gasteiger partial charge on any atom is -0.504 e. The Morgan fingerprint density at radius 2 is 2.00 bits per heavy atom. The second-order valence-electron chi connectivity index (χ2n) is 10.8. The number of nitrogens with zero attached hydrogens (tertiary/aromatic N) is 3. The molecule has 9 heteroatoms. The lowest BCUT2D eigenvalue weighted by Crippen LogP contribution is -2.72. The Morgan fingerprint density at radius 1 is 1.28 bits per heavy atom. The van der Waals surface area contributed by atoms with Gasteiger partial charge in [0.05, 0.1) is 37.3 Å². The van der Waals surface area contributed by atoms with Gasteiger partial charge in [-0.1, -0.05) is 6.07 Å². The molecule has 5 aliphatic rings. The van der Waals surface area contributed by atoms with Gasteiger partial charge in [-0.05, 0) is 51.8 Å². The van der Waals surface area contributed by atoms with Crippen LogP contribution in [0.4, 0.5) is 0 Å². The number of methoxy groups -OCH3 is 1. The first-order chi connectivity index (χ1) is 17.2. The van der Waals surface area contributed by atoms with E-state index in [-0.39, 0.29) is 43.1 Å². The summed E-state index contributed by atoms with van der Waals surface area (Å²) in [7, 11) is 3.53. The van der Waals surface area contributed by atoms with E-state index < -0.39 is 17.5 Å². The summed E-state index contributed by atoms with van der Waals surface area (Å²) in [5.74, 6) is 1.45. The predicted molar refractivity (Wildman–Crippen MR) is 128 cm³/mol. The summed E-state index contributed by atoms with van der Waals surface area (Å²) in [6, 6.07) is 2.66. The Labute approximate surface area is 210 Å². The van der Waals surface area contributed by atoms with Gasteiger partial charge in [-0.2, -0.15) is 5.26 Å². The lowest BCUT2D eigenvalue weighted by molar-refractivity contribution is -0.135. The first-order valence-corrected chi connectivity index (χ1v) is 12.3. The third-order valence-electron chi connectivity index (χ3n) is 9.14. The zero-order valence-electron chi connectivity index (χ0n) is 21.2. The molecule has 36 heavy (non-hydrogen) atoms. The third kappa shape index (κ3) is 2.67. The van der Waals surface area contributed by atoms with Gasteiger partial charge >= 0.3 is 0 Å². The number of Topliss-reactive ketones (excluding diaryl/α,β-unsaturated/α-hetero) is 1. The molecule has 1 aromatic rings. The second-order valence-corrected chi connectivity index (χ2v) is 10.8. The minimum atomic E-state index is -0.944. The number of hydrogen-bond donors (Lipinski definition) is 2. The third-order valence-corrected chi connectivity index (χ3v) is 9.14. The van der Waals surface area contributed by atoms with Gasteiger partial charge in [0.1, 0.15) is 6.04 Å². The van der Waals surface area contributed by atoms with E-state index in [1.807, 2.05) is 27.0 Å².